The van der Waals surface area contributed by atoms with Crippen molar-refractivity contribution in [2.75, 3.05) is 6.54 Å². The van der Waals surface area contributed by atoms with Crippen LogP contribution in [0, 0.1) is 0 Å². The second-order valence-corrected chi connectivity index (χ2v) is 4.32. The maximum absolute atomic E-state index is 5.70. The average molecular weight is 238 g/mol. The zero-order chi connectivity index (χ0) is 12.4. The van der Waals surface area contributed by atoms with Gasteiger partial charge in [-0.3, -0.25) is 0 Å². The number of fused-ring (bicyclic) bond motifs is 1. The van der Waals surface area contributed by atoms with Gasteiger partial charge in [-0.1, -0.05) is 29.8 Å². The van der Waals surface area contributed by atoms with Gasteiger partial charge in [-0.05, 0) is 29.7 Å². The molecule has 0 aliphatic heterocycles. The topological polar surface area (TPSA) is 48.1 Å². The number of hydrogen-bond donors (Lipinski definition) is 1. The Hall–Kier alpha value is -2.13. The van der Waals surface area contributed by atoms with Gasteiger partial charge in [0.15, 0.2) is 0 Å². The first kappa shape index (κ1) is 11.0. The lowest BCUT2D eigenvalue weighted by Gasteiger charge is -2.05. The van der Waals surface area contributed by atoms with E-state index in [0.717, 1.165) is 17.7 Å². The van der Waals surface area contributed by atoms with E-state index in [-0.39, 0.29) is 0 Å². The smallest absolute Gasteiger partial charge is 0.219 e. The molecule has 1 aliphatic carbocycles. The van der Waals surface area contributed by atoms with Gasteiger partial charge in [-0.25, -0.2) is 4.98 Å². The van der Waals surface area contributed by atoms with E-state index in [1.807, 2.05) is 42.6 Å². The van der Waals surface area contributed by atoms with Crippen LogP contribution >= 0.6 is 0 Å². The summed E-state index contributed by atoms with van der Waals surface area (Å²) in [6.45, 7) is 0.601. The van der Waals surface area contributed by atoms with E-state index in [2.05, 4.69) is 11.1 Å². The van der Waals surface area contributed by atoms with Crippen LogP contribution in [0.5, 0.6) is 11.6 Å². The van der Waals surface area contributed by atoms with Gasteiger partial charge in [0.1, 0.15) is 5.75 Å². The molecule has 0 radical (unpaired) electrons. The molecule has 1 aromatic heterocycles. The number of rotatable bonds is 3. The molecule has 1 aromatic carbocycles. The largest absolute Gasteiger partial charge is 0.439 e. The molecule has 3 heteroatoms. The molecule has 90 valence electrons. The first-order valence-electron chi connectivity index (χ1n) is 5.96. The number of hydrogen-bond acceptors (Lipinski definition) is 3. The Bertz CT molecular complexity index is 591. The standard InChI is InChI=1S/C15H14N2O/c16-9-11-6-12-8-15(17-10-13(12)7-11)18-14-4-2-1-3-5-14/h1-6,8,10H,7,9,16H2. The highest BCUT2D eigenvalue weighted by atomic mass is 16.5. The highest BCUT2D eigenvalue weighted by molar-refractivity contribution is 5.64. The van der Waals surface area contributed by atoms with Crippen molar-refractivity contribution in [2.45, 2.75) is 6.42 Å². The zero-order valence-electron chi connectivity index (χ0n) is 9.97. The molecule has 0 spiro atoms. The summed E-state index contributed by atoms with van der Waals surface area (Å²) in [6.07, 6.45) is 4.89. The fourth-order valence-electron chi connectivity index (χ4n) is 2.07. The minimum Gasteiger partial charge on any atom is -0.439 e. The predicted molar refractivity (Wildman–Crippen MR) is 71.5 cm³/mol. The molecular formula is C15H14N2O. The number of pyridine rings is 1. The number of nitrogens with two attached hydrogens (primary N) is 1. The van der Waals surface area contributed by atoms with Gasteiger partial charge in [-0.15, -0.1) is 0 Å². The predicted octanol–water partition coefficient (Wildman–Crippen LogP) is 2.77. The van der Waals surface area contributed by atoms with Crippen LogP contribution < -0.4 is 10.5 Å². The highest BCUT2D eigenvalue weighted by Crippen LogP contribution is 2.28. The van der Waals surface area contributed by atoms with E-state index in [1.54, 1.807) is 0 Å². The maximum atomic E-state index is 5.70. The Morgan fingerprint density at radius 1 is 1.22 bits per heavy atom. The minimum absolute atomic E-state index is 0.601. The van der Waals surface area contributed by atoms with Crippen molar-refractivity contribution in [2.24, 2.45) is 5.73 Å². The Kier molecular flexibility index (Phi) is 2.82. The van der Waals surface area contributed by atoms with Crippen LogP contribution in [0.4, 0.5) is 0 Å². The Morgan fingerprint density at radius 3 is 2.83 bits per heavy atom. The number of aromatic nitrogens is 1. The molecule has 0 saturated carbocycles. The summed E-state index contributed by atoms with van der Waals surface area (Å²) in [4.78, 5) is 4.32. The molecule has 1 heterocycles. The van der Waals surface area contributed by atoms with Crippen LogP contribution in [0.3, 0.4) is 0 Å². The molecular weight excluding hydrogens is 224 g/mol. The van der Waals surface area contributed by atoms with Crippen LogP contribution in [0.2, 0.25) is 0 Å². The van der Waals surface area contributed by atoms with Crippen LogP contribution in [-0.2, 0) is 6.42 Å². The van der Waals surface area contributed by atoms with Crippen LogP contribution in [0.1, 0.15) is 11.1 Å². The van der Waals surface area contributed by atoms with Crippen molar-refractivity contribution < 1.29 is 4.74 Å². The molecule has 2 N–H and O–H groups in total. The van der Waals surface area contributed by atoms with Crippen molar-refractivity contribution in [1.29, 1.82) is 0 Å². The van der Waals surface area contributed by atoms with Crippen LogP contribution in [-0.4, -0.2) is 11.5 Å². The number of para-hydroxylation sites is 1. The van der Waals surface area contributed by atoms with Crippen LogP contribution in [0.25, 0.3) is 6.08 Å². The lowest BCUT2D eigenvalue weighted by molar-refractivity contribution is 0.462. The molecule has 1 aliphatic rings. The van der Waals surface area contributed by atoms with E-state index in [4.69, 9.17) is 10.5 Å². The quantitative estimate of drug-likeness (QED) is 0.894. The minimum atomic E-state index is 0.601. The van der Waals surface area contributed by atoms with Gasteiger partial charge in [-0.2, -0.15) is 0 Å². The fraction of sp³-hybridized carbons (Fsp3) is 0.133. The second kappa shape index (κ2) is 4.63. The van der Waals surface area contributed by atoms with Gasteiger partial charge < -0.3 is 10.5 Å². The molecule has 0 atom stereocenters. The summed E-state index contributed by atoms with van der Waals surface area (Å²) in [5.74, 6) is 1.42. The van der Waals surface area contributed by atoms with Crippen molar-refractivity contribution in [3.63, 3.8) is 0 Å². The molecule has 3 rings (SSSR count). The third kappa shape index (κ3) is 2.13. The molecule has 0 unspecified atom stereocenters. The van der Waals surface area contributed by atoms with Crippen molar-refractivity contribution >= 4 is 6.08 Å². The van der Waals surface area contributed by atoms with E-state index in [0.29, 0.717) is 12.4 Å². The molecule has 0 saturated heterocycles. The SMILES string of the molecule is NCC1=Cc2cc(Oc3ccccc3)ncc2C1. The lowest BCUT2D eigenvalue weighted by atomic mass is 10.1. The third-order valence-corrected chi connectivity index (χ3v) is 3.00. The van der Waals surface area contributed by atoms with Crippen molar-refractivity contribution in [3.8, 4) is 11.6 Å². The number of benzene rings is 1. The van der Waals surface area contributed by atoms with Gasteiger partial charge >= 0.3 is 0 Å². The number of ether oxygens (including phenoxy) is 1. The maximum Gasteiger partial charge on any atom is 0.219 e. The molecule has 0 fully saturated rings. The van der Waals surface area contributed by atoms with Crippen LogP contribution in [0.15, 0.2) is 48.2 Å². The summed E-state index contributed by atoms with van der Waals surface area (Å²) >= 11 is 0. The van der Waals surface area contributed by atoms with E-state index >= 15 is 0 Å². The molecule has 0 bridgehead atoms. The Morgan fingerprint density at radius 2 is 2.06 bits per heavy atom. The Balaban J connectivity index is 1.85. The number of nitrogens with zero attached hydrogens (tertiary/aromatic N) is 1. The molecule has 0 amide bonds. The third-order valence-electron chi connectivity index (χ3n) is 3.00. The van der Waals surface area contributed by atoms with Gasteiger partial charge in [0.25, 0.3) is 0 Å². The second-order valence-electron chi connectivity index (χ2n) is 4.32. The summed E-state index contributed by atoms with van der Waals surface area (Å²) in [6, 6.07) is 11.6. The zero-order valence-corrected chi connectivity index (χ0v) is 9.97. The molecule has 3 nitrogen and oxygen atoms in total. The lowest BCUT2D eigenvalue weighted by Crippen LogP contribution is -2.02. The summed E-state index contributed by atoms with van der Waals surface area (Å²) in [5.41, 5.74) is 9.28. The van der Waals surface area contributed by atoms with Crippen molar-refractivity contribution in [1.82, 2.24) is 4.98 Å². The van der Waals surface area contributed by atoms with E-state index in [1.165, 1.54) is 11.1 Å². The first-order valence-corrected chi connectivity index (χ1v) is 5.96. The monoisotopic (exact) mass is 238 g/mol. The summed E-state index contributed by atoms with van der Waals surface area (Å²) in [5, 5.41) is 0. The van der Waals surface area contributed by atoms with Gasteiger partial charge in [0.05, 0.1) is 0 Å². The summed E-state index contributed by atoms with van der Waals surface area (Å²) < 4.78 is 5.70. The first-order chi connectivity index (χ1) is 8.85. The van der Waals surface area contributed by atoms with Gasteiger partial charge in [0, 0.05) is 18.8 Å². The molecule has 2 aromatic rings. The average Bonchev–Trinajstić information content (AvgIpc) is 2.82. The fourth-order valence-corrected chi connectivity index (χ4v) is 2.07. The highest BCUT2D eigenvalue weighted by Gasteiger charge is 2.13. The van der Waals surface area contributed by atoms with Gasteiger partial charge in [0.2, 0.25) is 5.88 Å². The van der Waals surface area contributed by atoms with E-state index in [9.17, 15) is 0 Å². The Labute approximate surface area is 106 Å². The van der Waals surface area contributed by atoms with Crippen molar-refractivity contribution in [3.05, 3.63) is 59.3 Å². The molecule has 18 heavy (non-hydrogen) atoms. The van der Waals surface area contributed by atoms with E-state index < -0.39 is 0 Å². The summed E-state index contributed by atoms with van der Waals surface area (Å²) in [7, 11) is 0. The normalized spacial score (nSPS) is 13.1.